The lowest BCUT2D eigenvalue weighted by molar-refractivity contribution is -0.406. The van der Waals surface area contributed by atoms with Crippen molar-refractivity contribution in [3.63, 3.8) is 0 Å². The summed E-state index contributed by atoms with van der Waals surface area (Å²) in [7, 11) is -4.88. The summed E-state index contributed by atoms with van der Waals surface area (Å²) in [5.74, 6) is -0.752. The van der Waals surface area contributed by atoms with E-state index < -0.39 is 198 Å². The van der Waals surface area contributed by atoms with Crippen molar-refractivity contribution in [3.8, 4) is 0 Å². The van der Waals surface area contributed by atoms with Gasteiger partial charge in [-0.1, -0.05) is 39.3 Å². The molecule has 13 N–H and O–H groups in total. The van der Waals surface area contributed by atoms with Gasteiger partial charge in [0, 0.05) is 12.8 Å². The van der Waals surface area contributed by atoms with E-state index in [1.165, 1.54) is 34.6 Å². The highest BCUT2D eigenvalue weighted by molar-refractivity contribution is 7.80. The van der Waals surface area contributed by atoms with Gasteiger partial charge in [-0.2, -0.15) is 8.42 Å². The Morgan fingerprint density at radius 2 is 1.07 bits per heavy atom. The first-order valence-electron chi connectivity index (χ1n) is 30.2. The lowest BCUT2D eigenvalue weighted by atomic mass is 9.47. The minimum atomic E-state index is -4.88. The van der Waals surface area contributed by atoms with Gasteiger partial charge < -0.3 is 109 Å². The average molecular weight is 1240 g/mol. The highest BCUT2D eigenvalue weighted by Gasteiger charge is 2.64. The highest BCUT2D eigenvalue weighted by Crippen LogP contribution is 2.67. The normalized spacial score (nSPS) is 52.1. The topological polar surface area (TPSA) is 416 Å². The van der Waals surface area contributed by atoms with Crippen molar-refractivity contribution in [2.24, 2.45) is 40.4 Å². The molecule has 5 aliphatic heterocycles. The van der Waals surface area contributed by atoms with Gasteiger partial charge in [-0.3, -0.25) is 9.35 Å². The second-order valence-electron chi connectivity index (χ2n) is 27.1. The number of ether oxygens (including phenoxy) is 10. The van der Waals surface area contributed by atoms with Crippen molar-refractivity contribution in [3.05, 3.63) is 11.6 Å². The van der Waals surface area contributed by atoms with Gasteiger partial charge in [0.05, 0.1) is 48.3 Å². The smallest absolute Gasteiger partial charge is 0.389 e. The summed E-state index contributed by atoms with van der Waals surface area (Å²) in [5.41, 5.74) is -1.23. The third-order valence-electron chi connectivity index (χ3n) is 20.6. The van der Waals surface area contributed by atoms with Crippen LogP contribution < -0.4 is 0 Å². The first-order valence-corrected chi connectivity index (χ1v) is 31.6. The van der Waals surface area contributed by atoms with E-state index in [0.29, 0.717) is 32.1 Å². The Hall–Kier alpha value is -1.60. The number of aliphatic hydroxyl groups excluding tert-OH is 11. The summed E-state index contributed by atoms with van der Waals surface area (Å²) < 4.78 is 101. The minimum absolute atomic E-state index is 0.00397. The van der Waals surface area contributed by atoms with Crippen molar-refractivity contribution in [1.29, 1.82) is 0 Å². The van der Waals surface area contributed by atoms with Crippen LogP contribution in [0, 0.1) is 40.4 Å². The van der Waals surface area contributed by atoms with Gasteiger partial charge in [0.2, 0.25) is 0 Å². The van der Waals surface area contributed by atoms with Gasteiger partial charge in [-0.05, 0) is 127 Å². The van der Waals surface area contributed by atoms with Crippen LogP contribution in [0.5, 0.6) is 0 Å². The molecule has 0 aromatic heterocycles. The van der Waals surface area contributed by atoms with Crippen LogP contribution >= 0.6 is 0 Å². The van der Waals surface area contributed by atoms with Crippen LogP contribution in [0.25, 0.3) is 0 Å². The third-order valence-corrected chi connectivity index (χ3v) is 21.1. The molecule has 3 saturated carbocycles. The van der Waals surface area contributed by atoms with Crippen molar-refractivity contribution >= 4 is 16.2 Å². The highest BCUT2D eigenvalue weighted by atomic mass is 32.3. The third kappa shape index (κ3) is 13.4. The van der Waals surface area contributed by atoms with E-state index >= 15 is 0 Å². The summed E-state index contributed by atoms with van der Waals surface area (Å²) in [6.45, 7) is 17.1. The van der Waals surface area contributed by atoms with Crippen LogP contribution in [0.4, 0.5) is 0 Å². The molecule has 8 fully saturated rings. The summed E-state index contributed by atoms with van der Waals surface area (Å²) in [5, 5.41) is 136. The summed E-state index contributed by atoms with van der Waals surface area (Å²) in [6, 6.07) is 0. The van der Waals surface area contributed by atoms with Crippen LogP contribution in [-0.2, 0) is 66.7 Å². The minimum Gasteiger partial charge on any atom is -0.389 e. The van der Waals surface area contributed by atoms with Crippen molar-refractivity contribution in [2.75, 3.05) is 0 Å². The maximum Gasteiger partial charge on any atom is 0.397 e. The molecule has 27 nitrogen and oxygen atoms in total. The van der Waals surface area contributed by atoms with Crippen LogP contribution in [-0.4, -0.2) is 251 Å². The fraction of sp³-hybridized carbons (Fsp3) is 0.947. The Morgan fingerprint density at radius 1 is 0.588 bits per heavy atom. The standard InChI is InChI=1S/C57H94O27S/c1-21(2)17-27(58)20-57(10,70)34-12-11-30-29-19-33(32-18-28(84-85(71,72)73)13-15-55(32,8)31(29)14-16-56(30,34)9)79-52-45(69)47(38(62)25(6)76-52)81-54-49(83-51-43(67)40(64)36(60)23(4)75-51)44(68)46(26(7)78-54)80-53-48(41(65)37(61)24(5)77-53)82-50-42(66)39(63)35(59)22(3)74-50/h14,21-26,28-30,32-54,59-70H,11-13,15-20H2,1-10H3,(H,71,72,73)/t22-,23-,24-,25-,26-,28+,29+,30+,32-,33+,34+,35+,36-,37+,38-,39+,40+,41+,42-,43-,44+,45-,46-,47+,48-,49-,50+,51+,52+,53+,54+,55-,56+,57+/m1/s1. The molecule has 4 aliphatic carbocycles. The van der Waals surface area contributed by atoms with Gasteiger partial charge in [-0.25, -0.2) is 4.18 Å². The van der Waals surface area contributed by atoms with E-state index in [0.717, 1.165) is 12.0 Å². The zero-order valence-electron chi connectivity index (χ0n) is 49.9. The Bertz CT molecular complexity index is 2440. The molecular formula is C57H94O27S. The Kier molecular flexibility index (Phi) is 20.6. The van der Waals surface area contributed by atoms with Crippen molar-refractivity contribution < 1.29 is 131 Å². The average Bonchev–Trinajstić information content (AvgIpc) is 1.84. The molecule has 0 unspecified atom stereocenters. The number of carbonyl (C=O) groups excluding carboxylic acids is 1. The molecule has 490 valence electrons. The number of fused-ring (bicyclic) bond motifs is 5. The van der Waals surface area contributed by atoms with E-state index in [1.807, 2.05) is 13.8 Å². The molecule has 28 heteroatoms. The number of ketones is 1. The molecule has 34 atom stereocenters. The molecule has 0 spiro atoms. The molecular weight excluding hydrogens is 1150 g/mol. The van der Waals surface area contributed by atoms with Gasteiger partial charge in [0.1, 0.15) is 97.3 Å². The molecule has 0 radical (unpaired) electrons. The molecule has 0 bridgehead atoms. The van der Waals surface area contributed by atoms with Gasteiger partial charge >= 0.3 is 10.4 Å². The maximum absolute atomic E-state index is 13.2. The first kappa shape index (κ1) is 67.8. The molecule has 85 heavy (non-hydrogen) atoms. The maximum atomic E-state index is 13.2. The van der Waals surface area contributed by atoms with E-state index in [-0.39, 0.29) is 48.7 Å². The lowest BCUT2D eigenvalue weighted by Crippen LogP contribution is -2.68. The number of hydrogen-bond acceptors (Lipinski definition) is 26. The molecule has 0 amide bonds. The van der Waals surface area contributed by atoms with E-state index in [1.54, 1.807) is 6.92 Å². The second-order valence-corrected chi connectivity index (χ2v) is 28.1. The van der Waals surface area contributed by atoms with Crippen molar-refractivity contribution in [2.45, 2.75) is 298 Å². The number of carbonyl (C=O) groups is 1. The number of hydrogen-bond donors (Lipinski definition) is 13. The predicted octanol–water partition coefficient (Wildman–Crippen LogP) is -1.26. The van der Waals surface area contributed by atoms with Crippen molar-refractivity contribution in [1.82, 2.24) is 0 Å². The number of rotatable bonds is 17. The van der Waals surface area contributed by atoms with Crippen LogP contribution in [0.15, 0.2) is 11.6 Å². The van der Waals surface area contributed by atoms with Crippen LogP contribution in [0.3, 0.4) is 0 Å². The Balaban J connectivity index is 0.991. The largest absolute Gasteiger partial charge is 0.397 e. The molecule has 5 heterocycles. The number of Topliss-reactive ketones (excluding diaryl/α,β-unsaturated/α-hetero) is 1. The second kappa shape index (κ2) is 25.8. The summed E-state index contributed by atoms with van der Waals surface area (Å²) in [6.07, 6.45) is -36.8. The molecule has 9 aliphatic rings. The van der Waals surface area contributed by atoms with E-state index in [4.69, 9.17) is 51.6 Å². The zero-order chi connectivity index (χ0) is 62.5. The monoisotopic (exact) mass is 1240 g/mol. The lowest BCUT2D eigenvalue weighted by Gasteiger charge is -2.60. The number of aliphatic hydroxyl groups is 12. The van der Waals surface area contributed by atoms with Crippen LogP contribution in [0.2, 0.25) is 0 Å². The van der Waals surface area contributed by atoms with Crippen LogP contribution in [0.1, 0.15) is 127 Å². The molecule has 9 rings (SSSR count). The molecule has 5 saturated heterocycles. The van der Waals surface area contributed by atoms with E-state index in [2.05, 4.69) is 19.9 Å². The van der Waals surface area contributed by atoms with Gasteiger partial charge in [0.15, 0.2) is 31.5 Å². The fourth-order valence-corrected chi connectivity index (χ4v) is 16.5. The summed E-state index contributed by atoms with van der Waals surface area (Å²) >= 11 is 0. The zero-order valence-corrected chi connectivity index (χ0v) is 50.7. The Labute approximate surface area is 495 Å². The number of allylic oxidation sites excluding steroid dienone is 2. The van der Waals surface area contributed by atoms with Gasteiger partial charge in [0.25, 0.3) is 0 Å². The Morgan fingerprint density at radius 3 is 1.62 bits per heavy atom. The fourth-order valence-electron chi connectivity index (χ4n) is 16.0. The molecule has 0 aromatic rings. The first-order chi connectivity index (χ1) is 39.6. The van der Waals surface area contributed by atoms with Gasteiger partial charge in [-0.15, -0.1) is 0 Å². The SMILES string of the molecule is CC(C)CC(=O)C[C@](C)(O)[C@H]1CC[C@H]2[C@@H]3C[C@H](O[C@@H]4O[C@H](C)[C@@H](O)[C@H](O[C@@H]5O[C@H](C)[C@@H](O[C@@H]6O[C@H](C)[C@H](O)[C@H](O)[C@H]6O[C@@H]6O[C@H](C)[C@H](O)[C@H](O)[C@H]6O)[C@H](O)[C@H]5O[C@@H]5O[C@H](C)[C@@H](O)[C@H](O)[C@H]5O)[C@H]4O)[C@H]4C[C@@H](OS(=O)(=O)O)CC[C@]4(C)C3=CC[C@@]21C. The molecule has 0 aromatic carbocycles. The summed E-state index contributed by atoms with van der Waals surface area (Å²) in [4.78, 5) is 13.2. The quantitative estimate of drug-likeness (QED) is 0.0597. The van der Waals surface area contributed by atoms with E-state index in [9.17, 15) is 79.0 Å². The predicted molar refractivity (Wildman–Crippen MR) is 289 cm³/mol.